The Labute approximate surface area is 170 Å². The first-order valence-corrected chi connectivity index (χ1v) is 10.9. The highest BCUT2D eigenvalue weighted by molar-refractivity contribution is 5.76. The van der Waals surface area contributed by atoms with Gasteiger partial charge in [0, 0.05) is 45.2 Å². The molecule has 0 spiro atoms. The summed E-state index contributed by atoms with van der Waals surface area (Å²) in [5.41, 5.74) is 8.40. The van der Waals surface area contributed by atoms with Crippen molar-refractivity contribution in [1.29, 1.82) is 0 Å². The third kappa shape index (κ3) is 5.95. The monoisotopic (exact) mass is 387 g/mol. The molecule has 156 valence electrons. The molecule has 1 aliphatic heterocycles. The lowest BCUT2D eigenvalue weighted by Crippen LogP contribution is -2.43. The fraction of sp³-hybridized carbons (Fsp3) is 0.696. The molecule has 0 aromatic heterocycles. The number of rotatable bonds is 10. The maximum atomic E-state index is 12.7. The van der Waals surface area contributed by atoms with Gasteiger partial charge in [0.25, 0.3) is 0 Å². The van der Waals surface area contributed by atoms with Crippen LogP contribution in [0, 0.1) is 19.8 Å². The molecule has 1 saturated carbocycles. The minimum absolute atomic E-state index is 0.245. The normalized spacial score (nSPS) is 22.4. The lowest BCUT2D eigenvalue weighted by atomic mass is 10.1. The molecule has 5 nitrogen and oxygen atoms in total. The van der Waals surface area contributed by atoms with Crippen LogP contribution in [0.15, 0.2) is 18.2 Å². The molecular formula is C23H37N3O2. The summed E-state index contributed by atoms with van der Waals surface area (Å²) in [7, 11) is 1.92. The van der Waals surface area contributed by atoms with E-state index in [1.54, 1.807) is 0 Å². The Morgan fingerprint density at radius 3 is 2.46 bits per heavy atom. The summed E-state index contributed by atoms with van der Waals surface area (Å²) in [6.07, 6.45) is 6.39. The van der Waals surface area contributed by atoms with Crippen LogP contribution in [0.5, 0.6) is 5.75 Å². The highest BCUT2D eigenvalue weighted by atomic mass is 16.5. The van der Waals surface area contributed by atoms with Crippen LogP contribution >= 0.6 is 0 Å². The fourth-order valence-electron chi connectivity index (χ4n) is 4.37. The zero-order valence-corrected chi connectivity index (χ0v) is 17.8. The second kappa shape index (κ2) is 9.75. The number of hydrogen-bond donors (Lipinski definition) is 1. The van der Waals surface area contributed by atoms with E-state index < -0.39 is 0 Å². The number of benzene rings is 1. The molecular weight excluding hydrogens is 350 g/mol. The minimum atomic E-state index is 0.245. The summed E-state index contributed by atoms with van der Waals surface area (Å²) >= 11 is 0. The lowest BCUT2D eigenvalue weighted by molar-refractivity contribution is -0.131. The molecule has 2 N–H and O–H groups in total. The third-order valence-electron chi connectivity index (χ3n) is 6.15. The van der Waals surface area contributed by atoms with Gasteiger partial charge in [-0.25, -0.2) is 0 Å². The summed E-state index contributed by atoms with van der Waals surface area (Å²) in [6, 6.07) is 7.10. The number of amides is 1. The van der Waals surface area contributed by atoms with Crippen molar-refractivity contribution in [1.82, 2.24) is 9.80 Å². The van der Waals surface area contributed by atoms with Gasteiger partial charge in [0.2, 0.25) is 5.91 Å². The average molecular weight is 388 g/mol. The second-order valence-electron chi connectivity index (χ2n) is 8.81. The molecule has 1 aromatic carbocycles. The van der Waals surface area contributed by atoms with Gasteiger partial charge in [-0.2, -0.15) is 0 Å². The van der Waals surface area contributed by atoms with E-state index in [1.807, 2.05) is 11.9 Å². The molecule has 2 fully saturated rings. The Kier molecular flexibility index (Phi) is 7.36. The van der Waals surface area contributed by atoms with E-state index in [0.717, 1.165) is 44.0 Å². The van der Waals surface area contributed by atoms with Crippen LogP contribution in [0.1, 0.15) is 49.7 Å². The summed E-state index contributed by atoms with van der Waals surface area (Å²) in [5, 5.41) is 0. The number of carbonyl (C=O) groups excluding carboxylic acids is 1. The number of aryl methyl sites for hydroxylation is 2. The quantitative estimate of drug-likeness (QED) is 0.627. The molecule has 5 heteroatoms. The van der Waals surface area contributed by atoms with Gasteiger partial charge in [0.15, 0.2) is 0 Å². The van der Waals surface area contributed by atoms with Crippen LogP contribution < -0.4 is 10.5 Å². The van der Waals surface area contributed by atoms with Crippen molar-refractivity contribution >= 4 is 5.91 Å². The van der Waals surface area contributed by atoms with Crippen LogP contribution in [0.4, 0.5) is 0 Å². The van der Waals surface area contributed by atoms with Gasteiger partial charge >= 0.3 is 0 Å². The zero-order valence-electron chi connectivity index (χ0n) is 17.8. The van der Waals surface area contributed by atoms with Crippen LogP contribution in [0.3, 0.4) is 0 Å². The van der Waals surface area contributed by atoms with Crippen molar-refractivity contribution in [3.8, 4) is 5.75 Å². The first-order valence-electron chi connectivity index (χ1n) is 10.9. The summed E-state index contributed by atoms with van der Waals surface area (Å²) < 4.78 is 5.87. The highest BCUT2D eigenvalue weighted by Gasteiger charge is 2.37. The van der Waals surface area contributed by atoms with Gasteiger partial charge in [-0.1, -0.05) is 6.07 Å². The number of ether oxygens (including phenoxy) is 1. The van der Waals surface area contributed by atoms with Gasteiger partial charge in [-0.05, 0) is 75.1 Å². The van der Waals surface area contributed by atoms with Crippen LogP contribution in [-0.2, 0) is 4.79 Å². The SMILES string of the molecule is Cc1cc(C)cc(OCCCN(C)C(=O)C[C@@H]2CC[C@H](CN)N2CC2CC2)c1. The minimum Gasteiger partial charge on any atom is -0.494 e. The predicted octanol–water partition coefficient (Wildman–Crippen LogP) is 3.12. The number of likely N-dealkylation sites (tertiary alicyclic amines) is 1. The van der Waals surface area contributed by atoms with Gasteiger partial charge in [0.05, 0.1) is 6.61 Å². The summed E-state index contributed by atoms with van der Waals surface area (Å²) in [4.78, 5) is 17.1. The lowest BCUT2D eigenvalue weighted by Gasteiger charge is -2.30. The molecule has 1 heterocycles. The highest BCUT2D eigenvalue weighted by Crippen LogP contribution is 2.35. The standard InChI is InChI=1S/C23H37N3O2/c1-17-11-18(2)13-22(12-17)28-10-4-9-25(3)23(27)14-20-7-8-21(15-24)26(20)16-19-5-6-19/h11-13,19-21H,4-10,14-16,24H2,1-3H3/t20-,21+/m0/s1. The van der Waals surface area contributed by atoms with E-state index >= 15 is 0 Å². The van der Waals surface area contributed by atoms with Crippen molar-refractivity contribution in [2.24, 2.45) is 11.7 Å². The molecule has 0 radical (unpaired) electrons. The smallest absolute Gasteiger partial charge is 0.223 e. The fourth-order valence-corrected chi connectivity index (χ4v) is 4.37. The Bertz CT molecular complexity index is 639. The number of nitrogens with zero attached hydrogens (tertiary/aromatic N) is 2. The van der Waals surface area contributed by atoms with E-state index in [0.29, 0.717) is 31.7 Å². The van der Waals surface area contributed by atoms with Crippen molar-refractivity contribution in [2.45, 2.75) is 64.5 Å². The van der Waals surface area contributed by atoms with Gasteiger partial charge < -0.3 is 15.4 Å². The zero-order chi connectivity index (χ0) is 20.1. The van der Waals surface area contributed by atoms with Crippen LogP contribution in [-0.4, -0.2) is 61.1 Å². The molecule has 1 saturated heterocycles. The third-order valence-corrected chi connectivity index (χ3v) is 6.15. The van der Waals surface area contributed by atoms with Crippen molar-refractivity contribution in [3.63, 3.8) is 0 Å². The number of hydrogen-bond acceptors (Lipinski definition) is 4. The molecule has 2 atom stereocenters. The molecule has 1 amide bonds. The van der Waals surface area contributed by atoms with Crippen molar-refractivity contribution in [2.75, 3.05) is 33.3 Å². The maximum absolute atomic E-state index is 12.7. The first-order chi connectivity index (χ1) is 13.5. The molecule has 2 aliphatic rings. The van der Waals surface area contributed by atoms with E-state index in [1.165, 1.54) is 24.0 Å². The largest absolute Gasteiger partial charge is 0.494 e. The molecule has 0 unspecified atom stereocenters. The molecule has 3 rings (SSSR count). The summed E-state index contributed by atoms with van der Waals surface area (Å²) in [6.45, 7) is 7.37. The summed E-state index contributed by atoms with van der Waals surface area (Å²) in [5.74, 6) is 2.00. The first kappa shape index (κ1) is 21.1. The van der Waals surface area contributed by atoms with E-state index in [4.69, 9.17) is 10.5 Å². The molecule has 1 aromatic rings. The predicted molar refractivity (Wildman–Crippen MR) is 114 cm³/mol. The molecule has 1 aliphatic carbocycles. The van der Waals surface area contributed by atoms with Gasteiger partial charge in [-0.15, -0.1) is 0 Å². The Morgan fingerprint density at radius 2 is 1.82 bits per heavy atom. The second-order valence-corrected chi connectivity index (χ2v) is 8.81. The van der Waals surface area contributed by atoms with E-state index in [9.17, 15) is 4.79 Å². The van der Waals surface area contributed by atoms with Crippen molar-refractivity contribution in [3.05, 3.63) is 29.3 Å². The number of carbonyl (C=O) groups is 1. The maximum Gasteiger partial charge on any atom is 0.223 e. The molecule has 0 bridgehead atoms. The Balaban J connectivity index is 1.40. The van der Waals surface area contributed by atoms with Crippen molar-refractivity contribution < 1.29 is 9.53 Å². The Morgan fingerprint density at radius 1 is 1.14 bits per heavy atom. The van der Waals surface area contributed by atoms with E-state index in [-0.39, 0.29) is 5.91 Å². The van der Waals surface area contributed by atoms with Gasteiger partial charge in [0.1, 0.15) is 5.75 Å². The topological polar surface area (TPSA) is 58.8 Å². The average Bonchev–Trinajstić information content (AvgIpc) is 3.39. The van der Waals surface area contributed by atoms with Gasteiger partial charge in [-0.3, -0.25) is 9.69 Å². The number of nitrogens with two attached hydrogens (primary N) is 1. The van der Waals surface area contributed by atoms with Crippen LogP contribution in [0.25, 0.3) is 0 Å². The molecule has 28 heavy (non-hydrogen) atoms. The van der Waals surface area contributed by atoms with Crippen LogP contribution in [0.2, 0.25) is 0 Å². The van der Waals surface area contributed by atoms with E-state index in [2.05, 4.69) is 36.9 Å². The Hall–Kier alpha value is -1.59.